The predicted molar refractivity (Wildman–Crippen MR) is 85.3 cm³/mol. The van der Waals surface area contributed by atoms with E-state index in [1.165, 1.54) is 12.8 Å². The number of piperidine rings is 1. The molecule has 1 unspecified atom stereocenters. The van der Waals surface area contributed by atoms with Crippen molar-refractivity contribution in [1.29, 1.82) is 0 Å². The van der Waals surface area contributed by atoms with E-state index in [2.05, 4.69) is 10.0 Å². The van der Waals surface area contributed by atoms with Gasteiger partial charge in [0.1, 0.15) is 0 Å². The Morgan fingerprint density at radius 3 is 2.75 bits per heavy atom. The number of hydrogen-bond acceptors (Lipinski definition) is 4. The van der Waals surface area contributed by atoms with Gasteiger partial charge in [0.2, 0.25) is 0 Å². The van der Waals surface area contributed by atoms with Gasteiger partial charge in [0.15, 0.2) is 0 Å². The molecule has 1 atom stereocenters. The van der Waals surface area contributed by atoms with Crippen LogP contribution in [0.25, 0.3) is 0 Å². The molecule has 1 saturated carbocycles. The van der Waals surface area contributed by atoms with Crippen molar-refractivity contribution in [2.45, 2.75) is 50.6 Å². The molecule has 2 N–H and O–H groups in total. The zero-order valence-electron chi connectivity index (χ0n) is 12.3. The fourth-order valence-electron chi connectivity index (χ4n) is 2.59. The summed E-state index contributed by atoms with van der Waals surface area (Å²) in [6.07, 6.45) is 8.50. The molecule has 1 aliphatic heterocycles. The molecule has 1 aliphatic carbocycles. The third kappa shape index (κ3) is 5.18. The molecule has 2 rings (SSSR count). The quantitative estimate of drug-likeness (QED) is 0.626. The standard InChI is InChI=1S/C13H27N3O2S2/c1-19-10-4-8-15-20(17,18)16-9-3-2-5-13(16)11-14-12-6-7-12/h12-15H,2-11H2,1H3. The summed E-state index contributed by atoms with van der Waals surface area (Å²) in [5.41, 5.74) is 0. The largest absolute Gasteiger partial charge is 0.312 e. The smallest absolute Gasteiger partial charge is 0.279 e. The normalized spacial score (nSPS) is 24.9. The lowest BCUT2D eigenvalue weighted by Crippen LogP contribution is -2.52. The highest BCUT2D eigenvalue weighted by molar-refractivity contribution is 7.98. The predicted octanol–water partition coefficient (Wildman–Crippen LogP) is 1.18. The summed E-state index contributed by atoms with van der Waals surface area (Å²) in [5, 5.41) is 3.47. The van der Waals surface area contributed by atoms with Gasteiger partial charge in [-0.1, -0.05) is 6.42 Å². The van der Waals surface area contributed by atoms with E-state index in [4.69, 9.17) is 0 Å². The molecule has 20 heavy (non-hydrogen) atoms. The van der Waals surface area contributed by atoms with Crippen molar-refractivity contribution in [1.82, 2.24) is 14.3 Å². The van der Waals surface area contributed by atoms with Crippen LogP contribution in [-0.2, 0) is 10.2 Å². The third-order valence-electron chi connectivity index (χ3n) is 3.91. The summed E-state index contributed by atoms with van der Waals surface area (Å²) in [6.45, 7) is 2.01. The highest BCUT2D eigenvalue weighted by atomic mass is 32.2. The van der Waals surface area contributed by atoms with Crippen molar-refractivity contribution < 1.29 is 8.42 Å². The first-order valence-corrected chi connectivity index (χ1v) is 10.5. The number of hydrogen-bond donors (Lipinski definition) is 2. The van der Waals surface area contributed by atoms with E-state index in [0.717, 1.165) is 38.0 Å². The second-order valence-electron chi connectivity index (χ2n) is 5.69. The molecule has 0 aromatic carbocycles. The first-order valence-electron chi connectivity index (χ1n) is 7.62. The highest BCUT2D eigenvalue weighted by Gasteiger charge is 2.33. The summed E-state index contributed by atoms with van der Waals surface area (Å²) < 4.78 is 29.2. The third-order valence-corrected chi connectivity index (χ3v) is 6.28. The molecule has 5 nitrogen and oxygen atoms in total. The minimum atomic E-state index is -3.31. The summed E-state index contributed by atoms with van der Waals surface area (Å²) in [5.74, 6) is 0.995. The van der Waals surface area contributed by atoms with E-state index >= 15 is 0 Å². The summed E-state index contributed by atoms with van der Waals surface area (Å²) in [6, 6.07) is 0.762. The van der Waals surface area contributed by atoms with Crippen molar-refractivity contribution in [3.8, 4) is 0 Å². The van der Waals surface area contributed by atoms with Crippen LogP contribution in [0.3, 0.4) is 0 Å². The van der Waals surface area contributed by atoms with E-state index < -0.39 is 10.2 Å². The Morgan fingerprint density at radius 2 is 2.05 bits per heavy atom. The maximum absolute atomic E-state index is 12.4. The lowest BCUT2D eigenvalue weighted by atomic mass is 10.1. The van der Waals surface area contributed by atoms with Gasteiger partial charge in [0, 0.05) is 31.7 Å². The lowest BCUT2D eigenvalue weighted by molar-refractivity contribution is 0.242. The minimum absolute atomic E-state index is 0.127. The van der Waals surface area contributed by atoms with Crippen LogP contribution in [0.5, 0.6) is 0 Å². The van der Waals surface area contributed by atoms with Gasteiger partial charge < -0.3 is 5.32 Å². The molecule has 1 heterocycles. The molecule has 0 radical (unpaired) electrons. The van der Waals surface area contributed by atoms with Crippen molar-refractivity contribution in [2.75, 3.05) is 31.6 Å². The summed E-state index contributed by atoms with van der Waals surface area (Å²) >= 11 is 1.75. The molecule has 0 amide bonds. The Balaban J connectivity index is 1.84. The molecular formula is C13H27N3O2S2. The average Bonchev–Trinajstić information content (AvgIpc) is 3.26. The van der Waals surface area contributed by atoms with E-state index in [9.17, 15) is 8.42 Å². The van der Waals surface area contributed by atoms with Gasteiger partial charge in [-0.15, -0.1) is 0 Å². The van der Waals surface area contributed by atoms with E-state index in [1.54, 1.807) is 16.1 Å². The number of nitrogens with one attached hydrogen (secondary N) is 2. The van der Waals surface area contributed by atoms with Crippen LogP contribution in [0.4, 0.5) is 0 Å². The Bertz CT molecular complexity index is 385. The van der Waals surface area contributed by atoms with Gasteiger partial charge in [0.05, 0.1) is 0 Å². The van der Waals surface area contributed by atoms with Crippen LogP contribution in [0.2, 0.25) is 0 Å². The SMILES string of the molecule is CSCCCNS(=O)(=O)N1CCCCC1CNC1CC1. The van der Waals surface area contributed by atoms with Crippen LogP contribution in [0, 0.1) is 0 Å². The van der Waals surface area contributed by atoms with Gasteiger partial charge >= 0.3 is 0 Å². The second-order valence-corrected chi connectivity index (χ2v) is 8.38. The fraction of sp³-hybridized carbons (Fsp3) is 1.00. The van der Waals surface area contributed by atoms with Crippen LogP contribution in [0.1, 0.15) is 38.5 Å². The minimum Gasteiger partial charge on any atom is -0.312 e. The molecule has 2 aliphatic rings. The molecule has 0 bridgehead atoms. The van der Waals surface area contributed by atoms with Crippen LogP contribution in [-0.4, -0.2) is 56.4 Å². The van der Waals surface area contributed by atoms with E-state index in [0.29, 0.717) is 19.1 Å². The number of rotatable bonds is 9. The van der Waals surface area contributed by atoms with Crippen LogP contribution >= 0.6 is 11.8 Å². The number of nitrogens with zero attached hydrogens (tertiary/aromatic N) is 1. The van der Waals surface area contributed by atoms with Crippen molar-refractivity contribution in [3.05, 3.63) is 0 Å². The molecule has 0 spiro atoms. The van der Waals surface area contributed by atoms with Crippen molar-refractivity contribution in [3.63, 3.8) is 0 Å². The average molecular weight is 322 g/mol. The molecule has 7 heteroatoms. The van der Waals surface area contributed by atoms with Gasteiger partial charge in [-0.25, -0.2) is 4.72 Å². The Morgan fingerprint density at radius 1 is 1.25 bits per heavy atom. The van der Waals surface area contributed by atoms with Crippen LogP contribution < -0.4 is 10.0 Å². The molecule has 0 aromatic rings. The first kappa shape index (κ1) is 16.5. The van der Waals surface area contributed by atoms with E-state index in [-0.39, 0.29) is 6.04 Å². The summed E-state index contributed by atoms with van der Waals surface area (Å²) in [7, 11) is -3.31. The molecular weight excluding hydrogens is 294 g/mol. The van der Waals surface area contributed by atoms with Gasteiger partial charge in [0.25, 0.3) is 10.2 Å². The van der Waals surface area contributed by atoms with Gasteiger partial charge in [-0.05, 0) is 44.1 Å². The zero-order chi connectivity index (χ0) is 14.4. The summed E-state index contributed by atoms with van der Waals surface area (Å²) in [4.78, 5) is 0. The maximum atomic E-state index is 12.4. The monoisotopic (exact) mass is 321 g/mol. The first-order chi connectivity index (χ1) is 9.63. The topological polar surface area (TPSA) is 61.4 Å². The Hall–Kier alpha value is 0.180. The van der Waals surface area contributed by atoms with E-state index in [1.807, 2.05) is 6.26 Å². The van der Waals surface area contributed by atoms with Gasteiger partial charge in [-0.3, -0.25) is 0 Å². The molecule has 2 fully saturated rings. The van der Waals surface area contributed by atoms with Crippen molar-refractivity contribution >= 4 is 22.0 Å². The highest BCUT2D eigenvalue weighted by Crippen LogP contribution is 2.22. The van der Waals surface area contributed by atoms with Crippen LogP contribution in [0.15, 0.2) is 0 Å². The number of thioether (sulfide) groups is 1. The lowest BCUT2D eigenvalue weighted by Gasteiger charge is -2.34. The maximum Gasteiger partial charge on any atom is 0.279 e. The molecule has 0 aromatic heterocycles. The van der Waals surface area contributed by atoms with Gasteiger partial charge in [-0.2, -0.15) is 24.5 Å². The fourth-order valence-corrected chi connectivity index (χ4v) is 4.53. The molecule has 1 saturated heterocycles. The van der Waals surface area contributed by atoms with Crippen molar-refractivity contribution in [2.24, 2.45) is 0 Å². The Kier molecular flexibility index (Phi) is 6.61. The molecule has 118 valence electrons. The Labute approximate surface area is 127 Å². The zero-order valence-corrected chi connectivity index (χ0v) is 13.9. The second kappa shape index (κ2) is 7.98.